The molecule has 2 N–H and O–H groups in total. The third-order valence-corrected chi connectivity index (χ3v) is 0.870. The molecule has 0 aromatic carbocycles. The molecule has 9 heavy (non-hydrogen) atoms. The van der Waals surface area contributed by atoms with Crippen molar-refractivity contribution in [2.24, 2.45) is 0 Å². The Balaban J connectivity index is 3.62. The van der Waals surface area contributed by atoms with Crippen LogP contribution in [0.5, 0.6) is 0 Å². The Morgan fingerprint density at radius 2 is 2.22 bits per heavy atom. The topological polar surface area (TPSA) is 57.5 Å². The second kappa shape index (κ2) is 4.09. The summed E-state index contributed by atoms with van der Waals surface area (Å²) in [4.78, 5) is 9.96. The summed E-state index contributed by atoms with van der Waals surface area (Å²) in [6, 6.07) is 0. The zero-order valence-corrected chi connectivity index (χ0v) is 5.29. The van der Waals surface area contributed by atoms with E-state index in [9.17, 15) is 4.79 Å². The fourth-order valence-electron chi connectivity index (χ4n) is 0.467. The maximum Gasteiger partial charge on any atom is 0.307 e. The quantitative estimate of drug-likeness (QED) is 0.543. The van der Waals surface area contributed by atoms with Crippen molar-refractivity contribution >= 4 is 5.97 Å². The molecule has 0 amide bonds. The summed E-state index contributed by atoms with van der Waals surface area (Å²) in [7, 11) is 0. The monoisotopic (exact) mass is 130 g/mol. The van der Waals surface area contributed by atoms with E-state index in [1.54, 1.807) is 6.92 Å². The van der Waals surface area contributed by atoms with Gasteiger partial charge in [-0.25, -0.2) is 0 Å². The van der Waals surface area contributed by atoms with Gasteiger partial charge in [0, 0.05) is 0 Å². The summed E-state index contributed by atoms with van der Waals surface area (Å²) in [6.07, 6.45) is 1.49. The van der Waals surface area contributed by atoms with Crippen LogP contribution in [0.1, 0.15) is 13.3 Å². The Labute approximate surface area is 53.6 Å². The van der Waals surface area contributed by atoms with Crippen LogP contribution in [-0.2, 0) is 4.79 Å². The molecule has 0 rings (SSSR count). The highest BCUT2D eigenvalue weighted by molar-refractivity contribution is 5.69. The molecule has 0 aliphatic carbocycles. The van der Waals surface area contributed by atoms with Gasteiger partial charge in [0.2, 0.25) is 0 Å². The van der Waals surface area contributed by atoms with E-state index in [0.717, 1.165) is 0 Å². The molecule has 0 radical (unpaired) electrons. The highest BCUT2D eigenvalue weighted by Crippen LogP contribution is 1.97. The van der Waals surface area contributed by atoms with Crippen LogP contribution in [0.15, 0.2) is 11.6 Å². The number of rotatable bonds is 3. The average Bonchev–Trinajstić information content (AvgIpc) is 1.63. The van der Waals surface area contributed by atoms with Gasteiger partial charge in [-0.15, -0.1) is 0 Å². The second-order valence-electron chi connectivity index (χ2n) is 1.80. The predicted octanol–water partition coefficient (Wildman–Crippen LogP) is 0.400. The van der Waals surface area contributed by atoms with Crippen LogP contribution in [0.3, 0.4) is 0 Å². The molecule has 0 saturated heterocycles. The Morgan fingerprint density at radius 1 is 1.67 bits per heavy atom. The summed E-state index contributed by atoms with van der Waals surface area (Å²) in [5.74, 6) is -0.864. The first-order valence-corrected chi connectivity index (χ1v) is 2.65. The van der Waals surface area contributed by atoms with Gasteiger partial charge >= 0.3 is 5.97 Å². The van der Waals surface area contributed by atoms with Gasteiger partial charge in [0.25, 0.3) is 0 Å². The zero-order chi connectivity index (χ0) is 7.28. The molecule has 3 nitrogen and oxygen atoms in total. The number of aliphatic carboxylic acids is 1. The van der Waals surface area contributed by atoms with Crippen molar-refractivity contribution in [3.8, 4) is 0 Å². The van der Waals surface area contributed by atoms with Crippen molar-refractivity contribution in [2.45, 2.75) is 13.3 Å². The Hall–Kier alpha value is -0.830. The SMILES string of the molecule is C/C(=C/CO)CC(=O)O. The standard InChI is InChI=1S/C6H10O3/c1-5(2-3-7)4-6(8)9/h2,7H,3-4H2,1H3,(H,8,9)/b5-2-. The number of hydrogen-bond donors (Lipinski definition) is 2. The normalized spacial score (nSPS) is 11.6. The van der Waals surface area contributed by atoms with Crippen LogP contribution in [0.4, 0.5) is 0 Å². The van der Waals surface area contributed by atoms with Crippen molar-refractivity contribution in [3.63, 3.8) is 0 Å². The molecule has 0 spiro atoms. The summed E-state index contributed by atoms with van der Waals surface area (Å²) in [5.41, 5.74) is 0.685. The fraction of sp³-hybridized carbons (Fsp3) is 0.500. The molecule has 0 atom stereocenters. The van der Waals surface area contributed by atoms with Gasteiger partial charge in [-0.2, -0.15) is 0 Å². The number of aliphatic hydroxyl groups excluding tert-OH is 1. The van der Waals surface area contributed by atoms with Crippen molar-refractivity contribution in [1.29, 1.82) is 0 Å². The molecule has 0 unspecified atom stereocenters. The van der Waals surface area contributed by atoms with E-state index >= 15 is 0 Å². The van der Waals surface area contributed by atoms with Crippen molar-refractivity contribution in [2.75, 3.05) is 6.61 Å². The molecule has 52 valence electrons. The van der Waals surface area contributed by atoms with E-state index in [4.69, 9.17) is 10.2 Å². The summed E-state index contributed by atoms with van der Waals surface area (Å²) in [5, 5.41) is 16.5. The number of carboxylic acid groups (broad SMARTS) is 1. The van der Waals surface area contributed by atoms with Gasteiger partial charge in [-0.3, -0.25) is 4.79 Å². The van der Waals surface area contributed by atoms with E-state index in [1.165, 1.54) is 6.08 Å². The van der Waals surface area contributed by atoms with Crippen LogP contribution in [0.25, 0.3) is 0 Å². The zero-order valence-electron chi connectivity index (χ0n) is 5.29. The highest BCUT2D eigenvalue weighted by Gasteiger charge is 1.95. The minimum absolute atomic E-state index is 0.0144. The first-order valence-electron chi connectivity index (χ1n) is 2.65. The number of hydrogen-bond acceptors (Lipinski definition) is 2. The lowest BCUT2D eigenvalue weighted by Crippen LogP contribution is -1.95. The molecule has 0 heterocycles. The minimum atomic E-state index is -0.864. The number of aliphatic hydroxyl groups is 1. The maximum absolute atomic E-state index is 9.96. The first kappa shape index (κ1) is 8.17. The molecule has 3 heteroatoms. The van der Waals surface area contributed by atoms with E-state index in [0.29, 0.717) is 5.57 Å². The molecule has 0 fully saturated rings. The van der Waals surface area contributed by atoms with Crippen molar-refractivity contribution in [1.82, 2.24) is 0 Å². The second-order valence-corrected chi connectivity index (χ2v) is 1.80. The number of carboxylic acids is 1. The summed E-state index contributed by atoms with van der Waals surface area (Å²) in [6.45, 7) is 1.59. The van der Waals surface area contributed by atoms with Gasteiger partial charge in [0.15, 0.2) is 0 Å². The molecule has 0 aliphatic rings. The van der Waals surface area contributed by atoms with Crippen LogP contribution < -0.4 is 0 Å². The van der Waals surface area contributed by atoms with Gasteiger partial charge in [0.1, 0.15) is 0 Å². The lowest BCUT2D eigenvalue weighted by molar-refractivity contribution is -0.136. The van der Waals surface area contributed by atoms with Crippen LogP contribution in [0.2, 0.25) is 0 Å². The fourth-order valence-corrected chi connectivity index (χ4v) is 0.467. The van der Waals surface area contributed by atoms with Gasteiger partial charge in [0.05, 0.1) is 13.0 Å². The first-order chi connectivity index (χ1) is 4.16. The largest absolute Gasteiger partial charge is 0.481 e. The lowest BCUT2D eigenvalue weighted by atomic mass is 10.2. The van der Waals surface area contributed by atoms with Crippen LogP contribution in [0, 0.1) is 0 Å². The highest BCUT2D eigenvalue weighted by atomic mass is 16.4. The Bertz CT molecular complexity index is 126. The minimum Gasteiger partial charge on any atom is -0.481 e. The van der Waals surface area contributed by atoms with Crippen LogP contribution >= 0.6 is 0 Å². The summed E-state index contributed by atoms with van der Waals surface area (Å²) >= 11 is 0. The molecule has 0 aromatic heterocycles. The van der Waals surface area contributed by atoms with E-state index in [-0.39, 0.29) is 13.0 Å². The lowest BCUT2D eigenvalue weighted by Gasteiger charge is -1.91. The Morgan fingerprint density at radius 3 is 2.56 bits per heavy atom. The molecule has 0 saturated carbocycles. The van der Waals surface area contributed by atoms with E-state index in [2.05, 4.69) is 0 Å². The maximum atomic E-state index is 9.96. The smallest absolute Gasteiger partial charge is 0.307 e. The molecular formula is C6H10O3. The molecule has 0 aromatic rings. The molecule has 0 aliphatic heterocycles. The van der Waals surface area contributed by atoms with E-state index < -0.39 is 5.97 Å². The molecular weight excluding hydrogens is 120 g/mol. The third-order valence-electron chi connectivity index (χ3n) is 0.870. The average molecular weight is 130 g/mol. The molecule has 0 bridgehead atoms. The van der Waals surface area contributed by atoms with Gasteiger partial charge < -0.3 is 10.2 Å². The van der Waals surface area contributed by atoms with Gasteiger partial charge in [-0.05, 0) is 6.92 Å². The third kappa shape index (κ3) is 5.03. The number of carbonyl (C=O) groups is 1. The summed E-state index contributed by atoms with van der Waals surface area (Å²) < 4.78 is 0. The van der Waals surface area contributed by atoms with Crippen molar-refractivity contribution < 1.29 is 15.0 Å². The predicted molar refractivity (Wildman–Crippen MR) is 33.1 cm³/mol. The Kier molecular flexibility index (Phi) is 3.71. The van der Waals surface area contributed by atoms with Gasteiger partial charge in [-0.1, -0.05) is 11.6 Å². The van der Waals surface area contributed by atoms with Crippen molar-refractivity contribution in [3.05, 3.63) is 11.6 Å². The van der Waals surface area contributed by atoms with E-state index in [1.807, 2.05) is 0 Å². The van der Waals surface area contributed by atoms with Crippen LogP contribution in [-0.4, -0.2) is 22.8 Å².